The number of methoxy groups -OCH3 is 1. The molecule has 0 atom stereocenters. The minimum absolute atomic E-state index is 0.209. The molecule has 5 nitrogen and oxygen atoms in total. The van der Waals surface area contributed by atoms with Crippen LogP contribution in [0.1, 0.15) is 10.4 Å². The maximum absolute atomic E-state index is 12.4. The Morgan fingerprint density at radius 3 is 2.73 bits per heavy atom. The maximum atomic E-state index is 12.4. The summed E-state index contributed by atoms with van der Waals surface area (Å²) in [7, 11) is 1.55. The molecule has 0 spiro atoms. The van der Waals surface area contributed by atoms with Crippen LogP contribution in [0.15, 0.2) is 66.6 Å². The Balaban J connectivity index is 1.70. The van der Waals surface area contributed by atoms with Gasteiger partial charge in [0.1, 0.15) is 5.75 Å². The van der Waals surface area contributed by atoms with Gasteiger partial charge >= 0.3 is 0 Å². The number of thiazole rings is 1. The highest BCUT2D eigenvalue weighted by molar-refractivity contribution is 7.14. The summed E-state index contributed by atoms with van der Waals surface area (Å²) in [5.41, 5.74) is 3.09. The van der Waals surface area contributed by atoms with E-state index < -0.39 is 0 Å². The number of amides is 1. The van der Waals surface area contributed by atoms with Gasteiger partial charge in [-0.15, -0.1) is 17.9 Å². The molecule has 0 saturated heterocycles. The molecule has 0 aliphatic rings. The Kier molecular flexibility index (Phi) is 5.66. The molecule has 26 heavy (non-hydrogen) atoms. The van der Waals surface area contributed by atoms with Crippen LogP contribution in [0, 0.1) is 0 Å². The Morgan fingerprint density at radius 2 is 2.00 bits per heavy atom. The van der Waals surface area contributed by atoms with Gasteiger partial charge in [-0.3, -0.25) is 4.79 Å². The molecule has 0 aliphatic heterocycles. The fourth-order valence-corrected chi connectivity index (χ4v) is 3.13. The molecular formula is C20H19N3O2S. The molecule has 0 radical (unpaired) electrons. The second-order valence-corrected chi connectivity index (χ2v) is 6.30. The lowest BCUT2D eigenvalue weighted by Gasteiger charge is -2.09. The summed E-state index contributed by atoms with van der Waals surface area (Å²) in [4.78, 5) is 17.0. The number of ether oxygens (including phenoxy) is 1. The molecule has 2 aromatic carbocycles. The molecule has 1 heterocycles. The van der Waals surface area contributed by atoms with E-state index in [1.54, 1.807) is 42.7 Å². The number of carbonyl (C=O) groups excluding carboxylic acids is 1. The lowest BCUT2D eigenvalue weighted by molar-refractivity contribution is 0.102. The van der Waals surface area contributed by atoms with Crippen LogP contribution in [0.2, 0.25) is 0 Å². The van der Waals surface area contributed by atoms with Crippen LogP contribution >= 0.6 is 11.3 Å². The van der Waals surface area contributed by atoms with Crippen LogP contribution in [0.3, 0.4) is 0 Å². The molecule has 0 unspecified atom stereocenters. The zero-order chi connectivity index (χ0) is 18.4. The summed E-state index contributed by atoms with van der Waals surface area (Å²) in [6.07, 6.45) is 1.79. The molecule has 6 heteroatoms. The largest absolute Gasteiger partial charge is 0.496 e. The molecule has 0 fully saturated rings. The summed E-state index contributed by atoms with van der Waals surface area (Å²) < 4.78 is 5.23. The van der Waals surface area contributed by atoms with Crippen molar-refractivity contribution in [2.24, 2.45) is 0 Å². The fraction of sp³-hybridized carbons (Fsp3) is 0.100. The first kappa shape index (κ1) is 17.7. The van der Waals surface area contributed by atoms with Gasteiger partial charge in [0.25, 0.3) is 5.91 Å². The van der Waals surface area contributed by atoms with E-state index in [0.717, 1.165) is 16.4 Å². The molecule has 2 N–H and O–H groups in total. The quantitative estimate of drug-likeness (QED) is 0.597. The number of benzene rings is 2. The topological polar surface area (TPSA) is 63.2 Å². The van der Waals surface area contributed by atoms with Gasteiger partial charge in [0.2, 0.25) is 0 Å². The summed E-state index contributed by atoms with van der Waals surface area (Å²) in [5.74, 6) is 0.336. The molecule has 1 amide bonds. The number of carbonyl (C=O) groups is 1. The van der Waals surface area contributed by atoms with E-state index in [2.05, 4.69) is 22.2 Å². The van der Waals surface area contributed by atoms with Crippen molar-refractivity contribution in [3.05, 3.63) is 72.1 Å². The third kappa shape index (κ3) is 4.10. The summed E-state index contributed by atoms with van der Waals surface area (Å²) in [5, 5.41) is 8.90. The number of hydrogen-bond donors (Lipinski definition) is 2. The van der Waals surface area contributed by atoms with E-state index >= 15 is 0 Å². The molecule has 3 rings (SSSR count). The SMILES string of the molecule is C=CCNc1nc(-c2ccc(NC(=O)c3ccccc3OC)cc2)cs1. The average molecular weight is 365 g/mol. The van der Waals surface area contributed by atoms with E-state index in [1.165, 1.54) is 0 Å². The van der Waals surface area contributed by atoms with E-state index in [9.17, 15) is 4.79 Å². The Hall–Kier alpha value is -3.12. The summed E-state index contributed by atoms with van der Waals surface area (Å²) in [6.45, 7) is 4.36. The van der Waals surface area contributed by atoms with E-state index in [0.29, 0.717) is 23.5 Å². The van der Waals surface area contributed by atoms with Gasteiger partial charge in [-0.05, 0) is 24.3 Å². The van der Waals surface area contributed by atoms with Gasteiger partial charge in [0.15, 0.2) is 5.13 Å². The Morgan fingerprint density at radius 1 is 1.23 bits per heavy atom. The third-order valence-electron chi connectivity index (χ3n) is 3.69. The minimum atomic E-state index is -0.209. The van der Waals surface area contributed by atoms with Crippen LogP contribution in [0.5, 0.6) is 5.75 Å². The first-order valence-corrected chi connectivity index (χ1v) is 8.94. The Labute approximate surface area is 156 Å². The summed E-state index contributed by atoms with van der Waals surface area (Å²) in [6, 6.07) is 14.7. The first-order chi connectivity index (χ1) is 12.7. The summed E-state index contributed by atoms with van der Waals surface area (Å²) >= 11 is 1.55. The molecule has 0 aliphatic carbocycles. The van der Waals surface area contributed by atoms with Crippen LogP contribution in [-0.4, -0.2) is 24.5 Å². The van der Waals surface area contributed by atoms with E-state index in [1.807, 2.05) is 35.7 Å². The lowest BCUT2D eigenvalue weighted by atomic mass is 10.1. The fourth-order valence-electron chi connectivity index (χ4n) is 2.40. The number of para-hydroxylation sites is 1. The number of hydrogen-bond acceptors (Lipinski definition) is 5. The van der Waals surface area contributed by atoms with Gasteiger partial charge in [-0.1, -0.05) is 30.3 Å². The van der Waals surface area contributed by atoms with Crippen molar-refractivity contribution in [1.82, 2.24) is 4.98 Å². The molecule has 1 aromatic heterocycles. The van der Waals surface area contributed by atoms with Gasteiger partial charge in [-0.2, -0.15) is 0 Å². The Bertz CT molecular complexity index is 903. The molecule has 3 aromatic rings. The smallest absolute Gasteiger partial charge is 0.259 e. The molecular weight excluding hydrogens is 346 g/mol. The van der Waals surface area contributed by atoms with E-state index in [-0.39, 0.29) is 5.91 Å². The second-order valence-electron chi connectivity index (χ2n) is 5.44. The number of nitrogens with zero attached hydrogens (tertiary/aromatic N) is 1. The second kappa shape index (κ2) is 8.31. The van der Waals surface area contributed by atoms with Crippen molar-refractivity contribution in [3.63, 3.8) is 0 Å². The number of aromatic nitrogens is 1. The first-order valence-electron chi connectivity index (χ1n) is 8.06. The van der Waals surface area contributed by atoms with Crippen molar-refractivity contribution in [2.45, 2.75) is 0 Å². The standard InChI is InChI=1S/C20H19N3O2S/c1-3-12-21-20-23-17(13-26-20)14-8-10-15(11-9-14)22-19(24)16-6-4-5-7-18(16)25-2/h3-11,13H,1,12H2,2H3,(H,21,23)(H,22,24). The highest BCUT2D eigenvalue weighted by Gasteiger charge is 2.12. The van der Waals surface area contributed by atoms with Gasteiger partial charge < -0.3 is 15.4 Å². The van der Waals surface area contributed by atoms with Crippen molar-refractivity contribution < 1.29 is 9.53 Å². The number of nitrogens with one attached hydrogen (secondary N) is 2. The van der Waals surface area contributed by atoms with Gasteiger partial charge in [0, 0.05) is 23.2 Å². The highest BCUT2D eigenvalue weighted by atomic mass is 32.1. The average Bonchev–Trinajstić information content (AvgIpc) is 3.15. The maximum Gasteiger partial charge on any atom is 0.259 e. The molecule has 0 bridgehead atoms. The minimum Gasteiger partial charge on any atom is -0.496 e. The number of rotatable bonds is 7. The van der Waals surface area contributed by atoms with Crippen molar-refractivity contribution in [3.8, 4) is 17.0 Å². The van der Waals surface area contributed by atoms with Crippen LogP contribution < -0.4 is 15.4 Å². The number of anilines is 2. The lowest BCUT2D eigenvalue weighted by Crippen LogP contribution is -2.12. The normalized spacial score (nSPS) is 10.2. The molecule has 0 saturated carbocycles. The zero-order valence-electron chi connectivity index (χ0n) is 14.4. The van der Waals surface area contributed by atoms with Crippen molar-refractivity contribution in [2.75, 3.05) is 24.3 Å². The predicted octanol–water partition coefficient (Wildman–Crippen LogP) is 4.67. The monoisotopic (exact) mass is 365 g/mol. The van der Waals surface area contributed by atoms with Gasteiger partial charge in [0.05, 0.1) is 18.4 Å². The zero-order valence-corrected chi connectivity index (χ0v) is 15.2. The van der Waals surface area contributed by atoms with Crippen LogP contribution in [0.4, 0.5) is 10.8 Å². The van der Waals surface area contributed by atoms with Crippen molar-refractivity contribution in [1.29, 1.82) is 0 Å². The van der Waals surface area contributed by atoms with E-state index in [4.69, 9.17) is 4.74 Å². The third-order valence-corrected chi connectivity index (χ3v) is 4.49. The van der Waals surface area contributed by atoms with Gasteiger partial charge in [-0.25, -0.2) is 4.98 Å². The predicted molar refractivity (Wildman–Crippen MR) is 107 cm³/mol. The van der Waals surface area contributed by atoms with Crippen LogP contribution in [-0.2, 0) is 0 Å². The van der Waals surface area contributed by atoms with Crippen LogP contribution in [0.25, 0.3) is 11.3 Å². The highest BCUT2D eigenvalue weighted by Crippen LogP contribution is 2.26. The van der Waals surface area contributed by atoms with Crippen molar-refractivity contribution >= 4 is 28.1 Å². The molecule has 132 valence electrons.